The first-order valence-electron chi connectivity index (χ1n) is 4.93. The molecule has 1 amide bonds. The third-order valence-corrected chi connectivity index (χ3v) is 2.99. The first kappa shape index (κ1) is 15.0. The van der Waals surface area contributed by atoms with Gasteiger partial charge in [0.2, 0.25) is 15.9 Å². The van der Waals surface area contributed by atoms with E-state index < -0.39 is 33.2 Å². The van der Waals surface area contributed by atoms with Crippen molar-refractivity contribution in [3.63, 3.8) is 0 Å². The van der Waals surface area contributed by atoms with E-state index in [0.717, 1.165) is 0 Å². The Morgan fingerprint density at radius 3 is 2.42 bits per heavy atom. The van der Waals surface area contributed by atoms with Gasteiger partial charge in [0, 0.05) is 12.1 Å². The molecule has 0 unspecified atom stereocenters. The molecular weight excluding hydrogens is 278 g/mol. The van der Waals surface area contributed by atoms with Gasteiger partial charge in [-0.3, -0.25) is 19.7 Å². The second-order valence-corrected chi connectivity index (χ2v) is 5.21. The number of nitrogens with one attached hydrogen (secondary N) is 1. The maximum Gasteiger partial charge on any atom is 0.269 e. The summed E-state index contributed by atoms with van der Waals surface area (Å²) in [5.41, 5.74) is 4.95. The predicted octanol–water partition coefficient (Wildman–Crippen LogP) is -0.569. The van der Waals surface area contributed by atoms with Crippen LogP contribution in [0.3, 0.4) is 0 Å². The molecule has 0 spiro atoms. The van der Waals surface area contributed by atoms with Crippen molar-refractivity contribution < 1.29 is 23.0 Å². The molecule has 10 heteroatoms. The van der Waals surface area contributed by atoms with Gasteiger partial charge >= 0.3 is 0 Å². The molecule has 0 atom stereocenters. The molecule has 0 aliphatic rings. The average Bonchev–Trinajstić information content (AvgIpc) is 2.28. The molecule has 1 rings (SSSR count). The molecule has 1 aromatic carbocycles. The highest BCUT2D eigenvalue weighted by atomic mass is 32.2. The van der Waals surface area contributed by atoms with Crippen molar-refractivity contribution in [2.45, 2.75) is 5.75 Å². The fourth-order valence-corrected chi connectivity index (χ4v) is 2.08. The van der Waals surface area contributed by atoms with E-state index in [4.69, 9.17) is 5.73 Å². The number of nitro benzene ring substituents is 1. The summed E-state index contributed by atoms with van der Waals surface area (Å²) in [4.78, 5) is 26.3. The zero-order valence-corrected chi connectivity index (χ0v) is 10.4. The van der Waals surface area contributed by atoms with Gasteiger partial charge in [0.25, 0.3) is 5.69 Å². The van der Waals surface area contributed by atoms with Crippen LogP contribution in [0.1, 0.15) is 5.56 Å². The van der Waals surface area contributed by atoms with Gasteiger partial charge in [-0.05, 0) is 5.56 Å². The van der Waals surface area contributed by atoms with Crippen molar-refractivity contribution in [1.29, 1.82) is 0 Å². The lowest BCUT2D eigenvalue weighted by Crippen LogP contribution is -2.30. The predicted molar refractivity (Wildman–Crippen MR) is 64.0 cm³/mol. The smallest absolute Gasteiger partial charge is 0.269 e. The van der Waals surface area contributed by atoms with E-state index in [1.807, 2.05) is 0 Å². The number of hydrogen-bond donors (Lipinski definition) is 2. The van der Waals surface area contributed by atoms with Crippen LogP contribution in [0.15, 0.2) is 24.3 Å². The van der Waals surface area contributed by atoms with Gasteiger partial charge in [-0.25, -0.2) is 8.42 Å². The summed E-state index contributed by atoms with van der Waals surface area (Å²) in [6.07, 6.45) is 0. The molecule has 1 aromatic rings. The Kier molecular flexibility index (Phi) is 4.92. The van der Waals surface area contributed by atoms with Gasteiger partial charge in [-0.2, -0.15) is 0 Å². The fraction of sp³-hybridized carbons (Fsp3) is 0.222. The van der Waals surface area contributed by atoms with Gasteiger partial charge in [0.1, 0.15) is 6.61 Å². The van der Waals surface area contributed by atoms with Crippen molar-refractivity contribution in [3.8, 4) is 0 Å². The first-order chi connectivity index (χ1) is 8.80. The summed E-state index contributed by atoms with van der Waals surface area (Å²) in [6.45, 7) is -0.584. The fourth-order valence-electron chi connectivity index (χ4n) is 1.15. The number of non-ortho nitro benzene ring substituents is 1. The topological polar surface area (TPSA) is 142 Å². The van der Waals surface area contributed by atoms with E-state index in [1.54, 1.807) is 4.89 Å². The molecule has 0 saturated carbocycles. The summed E-state index contributed by atoms with van der Waals surface area (Å²) < 4.78 is 23.0. The Bertz CT molecular complexity index is 568. The molecular formula is C9H11N3O6S. The lowest BCUT2D eigenvalue weighted by atomic mass is 10.2. The van der Waals surface area contributed by atoms with Crippen LogP contribution in [0.2, 0.25) is 0 Å². The summed E-state index contributed by atoms with van der Waals surface area (Å²) >= 11 is 0. The van der Waals surface area contributed by atoms with Gasteiger partial charge in [-0.15, -0.1) is 0 Å². The number of sulfonamides is 1. The minimum absolute atomic E-state index is 0.140. The molecule has 0 radical (unpaired) electrons. The first-order valence-corrected chi connectivity index (χ1v) is 6.58. The molecule has 0 saturated heterocycles. The second-order valence-electron chi connectivity index (χ2n) is 3.52. The van der Waals surface area contributed by atoms with Gasteiger partial charge in [0.05, 0.1) is 10.7 Å². The largest absolute Gasteiger partial charge is 0.368 e. The van der Waals surface area contributed by atoms with Gasteiger partial charge in [0.15, 0.2) is 0 Å². The van der Waals surface area contributed by atoms with Crippen LogP contribution in [0.25, 0.3) is 0 Å². The van der Waals surface area contributed by atoms with E-state index >= 15 is 0 Å². The van der Waals surface area contributed by atoms with Crippen LogP contribution in [-0.4, -0.2) is 25.9 Å². The number of benzene rings is 1. The zero-order chi connectivity index (χ0) is 14.5. The molecule has 0 fully saturated rings. The van der Waals surface area contributed by atoms with Crippen molar-refractivity contribution in [3.05, 3.63) is 39.9 Å². The van der Waals surface area contributed by atoms with Crippen LogP contribution in [-0.2, 0) is 25.4 Å². The van der Waals surface area contributed by atoms with Crippen LogP contribution in [0.4, 0.5) is 5.69 Å². The second kappa shape index (κ2) is 6.22. The summed E-state index contributed by atoms with van der Waals surface area (Å²) in [5, 5.41) is 10.4. The zero-order valence-electron chi connectivity index (χ0n) is 9.61. The molecule has 0 aromatic heterocycles. The molecule has 0 aliphatic heterocycles. The third kappa shape index (κ3) is 5.42. The summed E-state index contributed by atoms with van der Waals surface area (Å²) in [7, 11) is -3.81. The summed E-state index contributed by atoms with van der Waals surface area (Å²) in [5.74, 6) is -1.26. The van der Waals surface area contributed by atoms with Gasteiger partial charge in [-0.1, -0.05) is 17.0 Å². The molecule has 3 N–H and O–H groups in total. The number of carbonyl (C=O) groups excluding carboxylic acids is 1. The van der Waals surface area contributed by atoms with Crippen molar-refractivity contribution >= 4 is 21.6 Å². The van der Waals surface area contributed by atoms with E-state index in [1.165, 1.54) is 24.3 Å². The summed E-state index contributed by atoms with van der Waals surface area (Å²) in [6, 6.07) is 5.00. The lowest BCUT2D eigenvalue weighted by Gasteiger charge is -2.05. The number of nitrogens with two attached hydrogens (primary N) is 1. The number of nitro groups is 1. The van der Waals surface area contributed by atoms with E-state index in [2.05, 4.69) is 4.84 Å². The van der Waals surface area contributed by atoms with Crippen molar-refractivity contribution in [1.82, 2.24) is 4.89 Å². The molecule has 0 bridgehead atoms. The van der Waals surface area contributed by atoms with Crippen molar-refractivity contribution in [2.75, 3.05) is 6.61 Å². The molecule has 9 nitrogen and oxygen atoms in total. The monoisotopic (exact) mass is 289 g/mol. The molecule has 19 heavy (non-hydrogen) atoms. The lowest BCUT2D eigenvalue weighted by molar-refractivity contribution is -0.384. The molecule has 0 heterocycles. The molecule has 104 valence electrons. The standard InChI is InChI=1S/C9H11N3O6S/c10-9(13)5-18-11-19(16,17)6-7-1-3-8(4-2-7)12(14)15/h1-4,11H,5-6H2,(H2,10,13). The average molecular weight is 289 g/mol. The number of nitrogens with zero attached hydrogens (tertiary/aromatic N) is 1. The minimum atomic E-state index is -3.81. The Balaban J connectivity index is 2.62. The number of hydrogen-bond acceptors (Lipinski definition) is 6. The Morgan fingerprint density at radius 1 is 1.37 bits per heavy atom. The van der Waals surface area contributed by atoms with Crippen LogP contribution in [0.5, 0.6) is 0 Å². The quantitative estimate of drug-likeness (QED) is 0.508. The van der Waals surface area contributed by atoms with Gasteiger partial charge < -0.3 is 5.73 Å². The SMILES string of the molecule is NC(=O)CONS(=O)(=O)Cc1ccc([N+](=O)[O-])cc1. The van der Waals surface area contributed by atoms with Crippen LogP contribution >= 0.6 is 0 Å². The Hall–Kier alpha value is -2.04. The Morgan fingerprint density at radius 2 is 1.95 bits per heavy atom. The minimum Gasteiger partial charge on any atom is -0.368 e. The number of rotatable bonds is 7. The maximum absolute atomic E-state index is 11.5. The van der Waals surface area contributed by atoms with E-state index in [0.29, 0.717) is 5.56 Å². The maximum atomic E-state index is 11.5. The third-order valence-electron chi connectivity index (χ3n) is 1.90. The highest BCUT2D eigenvalue weighted by Crippen LogP contribution is 2.13. The number of amides is 1. The Labute approximate surface area is 108 Å². The van der Waals surface area contributed by atoms with Crippen LogP contribution in [0, 0.1) is 10.1 Å². The van der Waals surface area contributed by atoms with Crippen molar-refractivity contribution in [2.24, 2.45) is 5.73 Å². The van der Waals surface area contributed by atoms with Crippen LogP contribution < -0.4 is 10.6 Å². The highest BCUT2D eigenvalue weighted by molar-refractivity contribution is 7.88. The van der Waals surface area contributed by atoms with E-state index in [9.17, 15) is 23.3 Å². The number of primary amides is 1. The van der Waals surface area contributed by atoms with E-state index in [-0.39, 0.29) is 5.69 Å². The number of carbonyl (C=O) groups is 1. The molecule has 0 aliphatic carbocycles. The normalized spacial score (nSPS) is 11.2. The highest BCUT2D eigenvalue weighted by Gasteiger charge is 2.13.